The summed E-state index contributed by atoms with van der Waals surface area (Å²) in [6.45, 7) is 2.33. The van der Waals surface area contributed by atoms with Gasteiger partial charge in [0.25, 0.3) is 0 Å². The second-order valence-corrected chi connectivity index (χ2v) is 5.63. The smallest absolute Gasteiger partial charge is 0.410 e. The number of carbonyl (C=O) groups excluding carboxylic acids is 1. The van der Waals surface area contributed by atoms with Crippen LogP contribution >= 0.6 is 0 Å². The van der Waals surface area contributed by atoms with E-state index in [-0.39, 0.29) is 19.2 Å². The molecule has 1 heterocycles. The number of hydrogen-bond acceptors (Lipinski definition) is 3. The molecule has 1 amide bonds. The van der Waals surface area contributed by atoms with Crippen molar-refractivity contribution in [2.75, 3.05) is 6.54 Å². The summed E-state index contributed by atoms with van der Waals surface area (Å²) in [5.41, 5.74) is 0.782. The van der Waals surface area contributed by atoms with E-state index in [2.05, 4.69) is 0 Å². The monoisotopic (exact) mass is 297 g/mol. The van der Waals surface area contributed by atoms with E-state index >= 15 is 0 Å². The Morgan fingerprint density at radius 1 is 1.18 bits per heavy atom. The van der Waals surface area contributed by atoms with Gasteiger partial charge >= 0.3 is 6.09 Å². The van der Waals surface area contributed by atoms with Crippen molar-refractivity contribution >= 4 is 6.09 Å². The van der Waals surface area contributed by atoms with Gasteiger partial charge in [-0.05, 0) is 18.1 Å². The van der Waals surface area contributed by atoms with Gasteiger partial charge in [-0.15, -0.1) is 0 Å². The molecule has 2 unspecified atom stereocenters. The zero-order valence-electron chi connectivity index (χ0n) is 12.5. The minimum absolute atomic E-state index is 0.243. The molecule has 22 heavy (non-hydrogen) atoms. The first-order chi connectivity index (χ1) is 10.6. The van der Waals surface area contributed by atoms with Crippen molar-refractivity contribution in [2.24, 2.45) is 0 Å². The number of amides is 1. The van der Waals surface area contributed by atoms with Crippen LogP contribution in [0, 0.1) is 0 Å². The fourth-order valence-corrected chi connectivity index (χ4v) is 2.76. The Kier molecular flexibility index (Phi) is 3.86. The van der Waals surface area contributed by atoms with Crippen molar-refractivity contribution < 1.29 is 14.6 Å². The van der Waals surface area contributed by atoms with Gasteiger partial charge in [-0.2, -0.15) is 0 Å². The summed E-state index contributed by atoms with van der Waals surface area (Å²) in [6, 6.07) is 18.7. The average Bonchev–Trinajstić information content (AvgIpc) is 2.58. The lowest BCUT2D eigenvalue weighted by Gasteiger charge is -2.52. The fraction of sp³-hybridized carbons (Fsp3) is 0.278. The van der Waals surface area contributed by atoms with Gasteiger partial charge in [-0.25, -0.2) is 4.79 Å². The Hall–Kier alpha value is -2.33. The first-order valence-corrected chi connectivity index (χ1v) is 7.36. The highest BCUT2D eigenvalue weighted by Crippen LogP contribution is 2.38. The van der Waals surface area contributed by atoms with E-state index in [1.807, 2.05) is 67.6 Å². The van der Waals surface area contributed by atoms with E-state index in [4.69, 9.17) is 4.74 Å². The minimum atomic E-state index is -0.993. The summed E-state index contributed by atoms with van der Waals surface area (Å²) >= 11 is 0. The predicted molar refractivity (Wildman–Crippen MR) is 83.1 cm³/mol. The van der Waals surface area contributed by atoms with Crippen molar-refractivity contribution in [3.63, 3.8) is 0 Å². The molecule has 0 aliphatic carbocycles. The normalized spacial score (nSPS) is 23.7. The van der Waals surface area contributed by atoms with Gasteiger partial charge in [0.15, 0.2) is 0 Å². The molecular weight excluding hydrogens is 278 g/mol. The molecule has 0 radical (unpaired) electrons. The molecule has 0 aromatic heterocycles. The van der Waals surface area contributed by atoms with E-state index in [9.17, 15) is 9.90 Å². The molecule has 2 aromatic carbocycles. The first kappa shape index (κ1) is 14.6. The highest BCUT2D eigenvalue weighted by Gasteiger charge is 2.52. The molecule has 1 N–H and O–H groups in total. The molecule has 4 heteroatoms. The second kappa shape index (κ2) is 5.81. The van der Waals surface area contributed by atoms with E-state index in [0.717, 1.165) is 11.1 Å². The number of carbonyl (C=O) groups is 1. The molecule has 114 valence electrons. The van der Waals surface area contributed by atoms with E-state index in [0.29, 0.717) is 0 Å². The minimum Gasteiger partial charge on any atom is -0.445 e. The van der Waals surface area contributed by atoms with E-state index in [1.54, 1.807) is 4.90 Å². The van der Waals surface area contributed by atoms with E-state index < -0.39 is 11.7 Å². The molecule has 3 rings (SSSR count). The number of benzene rings is 2. The topological polar surface area (TPSA) is 49.8 Å². The molecule has 4 nitrogen and oxygen atoms in total. The predicted octanol–water partition coefficient (Wildman–Crippen LogP) is 2.92. The fourth-order valence-electron chi connectivity index (χ4n) is 2.76. The summed E-state index contributed by atoms with van der Waals surface area (Å²) < 4.78 is 5.31. The number of ether oxygens (including phenoxy) is 1. The zero-order chi connectivity index (χ0) is 15.6. The van der Waals surface area contributed by atoms with Crippen molar-refractivity contribution in [1.29, 1.82) is 0 Å². The van der Waals surface area contributed by atoms with Gasteiger partial charge in [-0.1, -0.05) is 60.7 Å². The van der Waals surface area contributed by atoms with Crippen molar-refractivity contribution in [3.05, 3.63) is 71.8 Å². The number of aliphatic hydroxyl groups is 1. The molecule has 1 saturated heterocycles. The maximum atomic E-state index is 12.1. The first-order valence-electron chi connectivity index (χ1n) is 7.36. The molecule has 1 aliphatic heterocycles. The number of rotatable bonds is 3. The van der Waals surface area contributed by atoms with Crippen LogP contribution in [0.5, 0.6) is 0 Å². The standard InChI is InChI=1S/C18H19NO3/c1-14-18(21,16-10-6-3-7-11-16)13-19(14)17(20)22-12-15-8-4-2-5-9-15/h2-11,14,21H,12-13H2,1H3. The van der Waals surface area contributed by atoms with E-state index in [1.165, 1.54) is 0 Å². The largest absolute Gasteiger partial charge is 0.445 e. The molecule has 1 fully saturated rings. The Labute approximate surface area is 130 Å². The molecule has 2 atom stereocenters. The molecule has 2 aromatic rings. The van der Waals surface area contributed by atoms with Gasteiger partial charge in [-0.3, -0.25) is 4.90 Å². The summed E-state index contributed by atoms with van der Waals surface area (Å²) in [7, 11) is 0. The number of likely N-dealkylation sites (tertiary alicyclic amines) is 1. The van der Waals surface area contributed by atoms with Crippen LogP contribution in [-0.2, 0) is 16.9 Å². The lowest BCUT2D eigenvalue weighted by Crippen LogP contribution is -2.67. The maximum absolute atomic E-state index is 12.1. The Bertz CT molecular complexity index is 644. The molecular formula is C18H19NO3. The average molecular weight is 297 g/mol. The van der Waals surface area contributed by atoms with Crippen molar-refractivity contribution in [1.82, 2.24) is 4.90 Å². The van der Waals surface area contributed by atoms with Crippen LogP contribution in [0.2, 0.25) is 0 Å². The second-order valence-electron chi connectivity index (χ2n) is 5.63. The number of β-amino-alcohol motifs (C(OH)–C–C–N with tert-alkyl or cyclic N) is 1. The summed E-state index contributed by atoms with van der Waals surface area (Å²) in [6.07, 6.45) is -0.392. The lowest BCUT2D eigenvalue weighted by atomic mass is 9.79. The highest BCUT2D eigenvalue weighted by molar-refractivity contribution is 5.70. The molecule has 0 saturated carbocycles. The quantitative estimate of drug-likeness (QED) is 0.947. The van der Waals surface area contributed by atoms with Crippen LogP contribution in [0.3, 0.4) is 0 Å². The van der Waals surface area contributed by atoms with Crippen LogP contribution in [0.25, 0.3) is 0 Å². The third kappa shape index (κ3) is 2.57. The SMILES string of the molecule is CC1N(C(=O)OCc2ccccc2)CC1(O)c1ccccc1. The van der Waals surface area contributed by atoms with Crippen LogP contribution in [0.4, 0.5) is 4.79 Å². The van der Waals surface area contributed by atoms with Gasteiger partial charge in [0, 0.05) is 0 Å². The number of hydrogen-bond donors (Lipinski definition) is 1. The molecule has 1 aliphatic rings. The van der Waals surface area contributed by atoms with Crippen LogP contribution in [0.1, 0.15) is 18.1 Å². The van der Waals surface area contributed by atoms with Crippen LogP contribution in [-0.4, -0.2) is 28.7 Å². The summed E-state index contributed by atoms with van der Waals surface area (Å²) in [5.74, 6) is 0. The third-order valence-corrected chi connectivity index (χ3v) is 4.28. The Morgan fingerprint density at radius 2 is 1.77 bits per heavy atom. The number of nitrogens with zero attached hydrogens (tertiary/aromatic N) is 1. The Morgan fingerprint density at radius 3 is 2.36 bits per heavy atom. The van der Waals surface area contributed by atoms with Crippen molar-refractivity contribution in [3.8, 4) is 0 Å². The molecule has 0 spiro atoms. The third-order valence-electron chi connectivity index (χ3n) is 4.28. The van der Waals surface area contributed by atoms with Crippen LogP contribution < -0.4 is 0 Å². The lowest BCUT2D eigenvalue weighted by molar-refractivity contribution is -0.139. The highest BCUT2D eigenvalue weighted by atomic mass is 16.6. The van der Waals surface area contributed by atoms with Gasteiger partial charge < -0.3 is 9.84 Å². The van der Waals surface area contributed by atoms with Crippen molar-refractivity contribution in [2.45, 2.75) is 25.2 Å². The summed E-state index contributed by atoms with van der Waals surface area (Å²) in [5, 5.41) is 10.7. The maximum Gasteiger partial charge on any atom is 0.410 e. The zero-order valence-corrected chi connectivity index (χ0v) is 12.5. The summed E-state index contributed by atoms with van der Waals surface area (Å²) in [4.78, 5) is 13.7. The van der Waals surface area contributed by atoms with Crippen LogP contribution in [0.15, 0.2) is 60.7 Å². The van der Waals surface area contributed by atoms with Gasteiger partial charge in [0.1, 0.15) is 12.2 Å². The Balaban J connectivity index is 1.60. The van der Waals surface area contributed by atoms with Gasteiger partial charge in [0.05, 0.1) is 12.6 Å². The molecule has 0 bridgehead atoms. The van der Waals surface area contributed by atoms with Gasteiger partial charge in [0.2, 0.25) is 0 Å².